The molecular weight excluding hydrogens is 349 g/mol. The van der Waals surface area contributed by atoms with Gasteiger partial charge in [-0.15, -0.1) is 0 Å². The zero-order valence-electron chi connectivity index (χ0n) is 14.0. The van der Waals surface area contributed by atoms with Crippen molar-refractivity contribution in [2.75, 3.05) is 0 Å². The molecule has 4 rings (SSSR count). The van der Waals surface area contributed by atoms with Crippen LogP contribution in [0, 0.1) is 5.82 Å². The van der Waals surface area contributed by atoms with Crippen LogP contribution in [0.1, 0.15) is 16.1 Å². The van der Waals surface area contributed by atoms with Crippen LogP contribution in [-0.4, -0.2) is 35.2 Å². The molecule has 1 N–H and O–H groups in total. The number of hydrogen-bond donors (Lipinski definition) is 1. The van der Waals surface area contributed by atoms with Gasteiger partial charge in [-0.05, 0) is 30.3 Å². The third kappa shape index (κ3) is 3.43. The lowest BCUT2D eigenvalue weighted by atomic mass is 10.2. The van der Waals surface area contributed by atoms with Crippen molar-refractivity contribution in [1.29, 1.82) is 0 Å². The van der Waals surface area contributed by atoms with E-state index in [1.807, 2.05) is 6.07 Å². The van der Waals surface area contributed by atoms with E-state index in [1.165, 1.54) is 42.0 Å². The van der Waals surface area contributed by atoms with Crippen LogP contribution in [0.4, 0.5) is 4.39 Å². The van der Waals surface area contributed by atoms with Crippen LogP contribution in [0.25, 0.3) is 11.5 Å². The van der Waals surface area contributed by atoms with E-state index in [-0.39, 0.29) is 18.3 Å². The number of carbonyl (C=O) groups excluding carboxylic acids is 1. The van der Waals surface area contributed by atoms with Crippen molar-refractivity contribution in [2.45, 2.75) is 6.54 Å². The van der Waals surface area contributed by atoms with Gasteiger partial charge in [-0.2, -0.15) is 5.10 Å². The maximum absolute atomic E-state index is 13.1. The van der Waals surface area contributed by atoms with E-state index in [1.54, 1.807) is 29.0 Å². The van der Waals surface area contributed by atoms with E-state index in [0.29, 0.717) is 17.2 Å². The maximum atomic E-state index is 13.1. The van der Waals surface area contributed by atoms with Gasteiger partial charge in [-0.25, -0.2) is 24.0 Å². The van der Waals surface area contributed by atoms with Crippen molar-refractivity contribution in [3.8, 4) is 11.5 Å². The van der Waals surface area contributed by atoms with E-state index < -0.39 is 0 Å². The van der Waals surface area contributed by atoms with E-state index in [9.17, 15) is 9.18 Å². The summed E-state index contributed by atoms with van der Waals surface area (Å²) >= 11 is 0. The Morgan fingerprint density at radius 1 is 1.11 bits per heavy atom. The Labute approximate surface area is 153 Å². The number of carbonyl (C=O) groups is 1. The van der Waals surface area contributed by atoms with Gasteiger partial charge < -0.3 is 5.32 Å². The third-order valence-corrected chi connectivity index (χ3v) is 3.92. The van der Waals surface area contributed by atoms with Crippen LogP contribution in [0.15, 0.2) is 67.8 Å². The number of hydrogen-bond acceptors (Lipinski definition) is 5. The van der Waals surface area contributed by atoms with Crippen molar-refractivity contribution < 1.29 is 9.18 Å². The summed E-state index contributed by atoms with van der Waals surface area (Å²) in [6.07, 6.45) is 7.56. The molecule has 4 aromatic rings. The molecule has 0 saturated carbocycles. The molecule has 0 atom stereocenters. The monoisotopic (exact) mass is 363 g/mol. The first-order valence-electron chi connectivity index (χ1n) is 8.08. The Bertz CT molecular complexity index is 1060. The van der Waals surface area contributed by atoms with Gasteiger partial charge in [-0.3, -0.25) is 9.36 Å². The number of rotatable bonds is 5. The standard InChI is InChI=1S/C18H14FN7O/c19-14-3-5-15(6-4-14)25-11-20-9-16(25)18(27)23-8-13-2-1-7-22-17(13)26-12-21-10-24-26/h1-7,9-12H,8H2,(H,23,27). The third-order valence-electron chi connectivity index (χ3n) is 3.92. The molecule has 1 aromatic carbocycles. The molecule has 0 aliphatic carbocycles. The van der Waals surface area contributed by atoms with Crippen molar-refractivity contribution in [3.63, 3.8) is 0 Å². The first kappa shape index (κ1) is 16.6. The Morgan fingerprint density at radius 3 is 2.74 bits per heavy atom. The molecule has 9 heteroatoms. The molecule has 0 radical (unpaired) electrons. The Hall–Kier alpha value is -3.88. The molecule has 0 spiro atoms. The normalized spacial score (nSPS) is 10.7. The molecule has 0 aliphatic rings. The van der Waals surface area contributed by atoms with Crippen LogP contribution < -0.4 is 5.32 Å². The van der Waals surface area contributed by atoms with Crippen molar-refractivity contribution >= 4 is 5.91 Å². The Balaban J connectivity index is 1.54. The van der Waals surface area contributed by atoms with E-state index in [2.05, 4.69) is 25.4 Å². The molecule has 3 heterocycles. The largest absolute Gasteiger partial charge is 0.346 e. The predicted octanol–water partition coefficient (Wildman–Crippen LogP) is 1.92. The van der Waals surface area contributed by atoms with Crippen LogP contribution in [0.2, 0.25) is 0 Å². The van der Waals surface area contributed by atoms with Gasteiger partial charge in [-0.1, -0.05) is 6.07 Å². The highest BCUT2D eigenvalue weighted by Crippen LogP contribution is 2.13. The summed E-state index contributed by atoms with van der Waals surface area (Å²) in [4.78, 5) is 24.9. The number of benzene rings is 1. The smallest absolute Gasteiger partial charge is 0.270 e. The molecule has 8 nitrogen and oxygen atoms in total. The van der Waals surface area contributed by atoms with Gasteiger partial charge in [0.15, 0.2) is 5.82 Å². The predicted molar refractivity (Wildman–Crippen MR) is 93.8 cm³/mol. The summed E-state index contributed by atoms with van der Waals surface area (Å²) in [6.45, 7) is 0.246. The number of aromatic nitrogens is 6. The number of imidazole rings is 1. The van der Waals surface area contributed by atoms with E-state index >= 15 is 0 Å². The lowest BCUT2D eigenvalue weighted by Gasteiger charge is -2.11. The topological polar surface area (TPSA) is 90.5 Å². The highest BCUT2D eigenvalue weighted by molar-refractivity contribution is 5.93. The van der Waals surface area contributed by atoms with Gasteiger partial charge >= 0.3 is 0 Å². The van der Waals surface area contributed by atoms with Gasteiger partial charge in [0.1, 0.15) is 24.2 Å². The van der Waals surface area contributed by atoms with Gasteiger partial charge in [0.25, 0.3) is 5.91 Å². The second-order valence-corrected chi connectivity index (χ2v) is 5.63. The highest BCUT2D eigenvalue weighted by Gasteiger charge is 2.14. The van der Waals surface area contributed by atoms with E-state index in [0.717, 1.165) is 5.56 Å². The minimum absolute atomic E-state index is 0.246. The first-order chi connectivity index (χ1) is 13.2. The van der Waals surface area contributed by atoms with Crippen LogP contribution in [-0.2, 0) is 6.54 Å². The van der Waals surface area contributed by atoms with Crippen LogP contribution >= 0.6 is 0 Å². The molecular formula is C18H14FN7O. The summed E-state index contributed by atoms with van der Waals surface area (Å²) in [5.41, 5.74) is 1.76. The lowest BCUT2D eigenvalue weighted by Crippen LogP contribution is -2.25. The fourth-order valence-electron chi connectivity index (χ4n) is 2.63. The molecule has 1 amide bonds. The molecule has 0 bridgehead atoms. The summed E-state index contributed by atoms with van der Waals surface area (Å²) in [5.74, 6) is -0.0744. The van der Waals surface area contributed by atoms with Crippen molar-refractivity contribution in [2.24, 2.45) is 0 Å². The average Bonchev–Trinajstić information content (AvgIpc) is 3.39. The molecule has 0 unspecified atom stereocenters. The molecule has 3 aromatic heterocycles. The average molecular weight is 363 g/mol. The summed E-state index contributed by atoms with van der Waals surface area (Å²) in [7, 11) is 0. The fourth-order valence-corrected chi connectivity index (χ4v) is 2.63. The summed E-state index contributed by atoms with van der Waals surface area (Å²) < 4.78 is 16.3. The number of pyridine rings is 1. The van der Waals surface area contributed by atoms with Crippen LogP contribution in [0.5, 0.6) is 0 Å². The Morgan fingerprint density at radius 2 is 1.96 bits per heavy atom. The number of nitrogens with one attached hydrogen (secondary N) is 1. The zero-order valence-corrected chi connectivity index (χ0v) is 14.0. The molecule has 27 heavy (non-hydrogen) atoms. The molecule has 0 saturated heterocycles. The fraction of sp³-hybridized carbons (Fsp3) is 0.0556. The van der Waals surface area contributed by atoms with Gasteiger partial charge in [0.2, 0.25) is 0 Å². The van der Waals surface area contributed by atoms with Gasteiger partial charge in [0, 0.05) is 24.0 Å². The Kier molecular flexibility index (Phi) is 4.40. The van der Waals surface area contributed by atoms with Crippen molar-refractivity contribution in [1.82, 2.24) is 34.6 Å². The highest BCUT2D eigenvalue weighted by atomic mass is 19.1. The molecule has 0 fully saturated rings. The number of halogens is 1. The second-order valence-electron chi connectivity index (χ2n) is 5.63. The van der Waals surface area contributed by atoms with E-state index in [4.69, 9.17) is 0 Å². The second kappa shape index (κ2) is 7.16. The molecule has 134 valence electrons. The van der Waals surface area contributed by atoms with Crippen molar-refractivity contribution in [3.05, 3.63) is 84.8 Å². The maximum Gasteiger partial charge on any atom is 0.270 e. The zero-order chi connectivity index (χ0) is 18.6. The minimum atomic E-state index is -0.345. The number of amides is 1. The summed E-state index contributed by atoms with van der Waals surface area (Å²) in [6, 6.07) is 9.45. The quantitative estimate of drug-likeness (QED) is 0.585. The number of nitrogens with zero attached hydrogens (tertiary/aromatic N) is 6. The minimum Gasteiger partial charge on any atom is -0.346 e. The van der Waals surface area contributed by atoms with Gasteiger partial charge in [0.05, 0.1) is 12.5 Å². The lowest BCUT2D eigenvalue weighted by molar-refractivity contribution is 0.0944. The summed E-state index contributed by atoms with van der Waals surface area (Å²) in [5, 5.41) is 6.92. The SMILES string of the molecule is O=C(NCc1cccnc1-n1cncn1)c1cncn1-c1ccc(F)cc1. The van der Waals surface area contributed by atoms with Crippen LogP contribution in [0.3, 0.4) is 0 Å². The first-order valence-corrected chi connectivity index (χ1v) is 8.08. The molecule has 0 aliphatic heterocycles.